The highest BCUT2D eigenvalue weighted by molar-refractivity contribution is 5.96. The van der Waals surface area contributed by atoms with E-state index in [1.807, 2.05) is 13.2 Å². The summed E-state index contributed by atoms with van der Waals surface area (Å²) >= 11 is 0. The summed E-state index contributed by atoms with van der Waals surface area (Å²) in [7, 11) is 3.58. The molecule has 9 heteroatoms. The number of nitrogens with two attached hydrogens (primary N) is 1. The van der Waals surface area contributed by atoms with E-state index < -0.39 is 0 Å². The normalized spacial score (nSPS) is 12.7. The number of carbonyl (C=O) groups is 2. The van der Waals surface area contributed by atoms with Gasteiger partial charge in [-0.1, -0.05) is 163 Å². The lowest BCUT2D eigenvalue weighted by molar-refractivity contribution is -0.150. The molecule has 0 saturated carbocycles. The average molecular weight is 862 g/mol. The lowest BCUT2D eigenvalue weighted by atomic mass is 10.0. The number of rotatable bonds is 47. The van der Waals surface area contributed by atoms with Crippen molar-refractivity contribution in [3.8, 4) is 0 Å². The van der Waals surface area contributed by atoms with Crippen molar-refractivity contribution in [2.24, 2.45) is 10.7 Å². The SMILES string of the molecule is CCCCCCCCC(CC)OC(=O)CCCCCCCN(CCCCCCCC(=O)OC(CCCCCCCC)CCCCCCCC)CCCN/C(=C/NC)C(N)=NC. The zero-order valence-corrected chi connectivity index (χ0v) is 41.4. The van der Waals surface area contributed by atoms with Crippen LogP contribution in [0, 0.1) is 0 Å². The van der Waals surface area contributed by atoms with Gasteiger partial charge in [0, 0.05) is 39.7 Å². The van der Waals surface area contributed by atoms with Crippen LogP contribution >= 0.6 is 0 Å². The highest BCUT2D eigenvalue weighted by atomic mass is 16.5. The molecule has 360 valence electrons. The molecule has 0 fully saturated rings. The van der Waals surface area contributed by atoms with Crippen molar-refractivity contribution in [3.05, 3.63) is 11.9 Å². The summed E-state index contributed by atoms with van der Waals surface area (Å²) in [5, 5.41) is 6.51. The first-order valence-electron chi connectivity index (χ1n) is 26.3. The van der Waals surface area contributed by atoms with Gasteiger partial charge in [-0.2, -0.15) is 0 Å². The summed E-state index contributed by atoms with van der Waals surface area (Å²) in [5.74, 6) is 0.515. The maximum atomic E-state index is 12.9. The highest BCUT2D eigenvalue weighted by Gasteiger charge is 2.15. The smallest absolute Gasteiger partial charge is 0.306 e. The Labute approximate surface area is 378 Å². The number of nitrogens with zero attached hydrogens (tertiary/aromatic N) is 2. The molecule has 0 spiro atoms. The predicted octanol–water partition coefficient (Wildman–Crippen LogP) is 13.5. The Balaban J connectivity index is 4.65. The first-order valence-corrected chi connectivity index (χ1v) is 26.3. The molecule has 9 nitrogen and oxygen atoms in total. The van der Waals surface area contributed by atoms with Crippen molar-refractivity contribution in [3.63, 3.8) is 0 Å². The molecular formula is C52H103N5O4. The Morgan fingerprint density at radius 3 is 1.34 bits per heavy atom. The van der Waals surface area contributed by atoms with Crippen LogP contribution in [0.25, 0.3) is 0 Å². The fourth-order valence-electron chi connectivity index (χ4n) is 8.17. The van der Waals surface area contributed by atoms with E-state index in [4.69, 9.17) is 15.2 Å². The van der Waals surface area contributed by atoms with Gasteiger partial charge in [-0.05, 0) is 96.7 Å². The molecule has 0 aliphatic heterocycles. The Hall–Kier alpha value is -2.29. The molecule has 0 bridgehead atoms. The molecular weight excluding hydrogens is 759 g/mol. The van der Waals surface area contributed by atoms with Gasteiger partial charge < -0.3 is 30.7 Å². The monoisotopic (exact) mass is 862 g/mol. The van der Waals surface area contributed by atoms with Gasteiger partial charge in [0.15, 0.2) is 0 Å². The number of esters is 2. The van der Waals surface area contributed by atoms with Crippen molar-refractivity contribution < 1.29 is 19.1 Å². The van der Waals surface area contributed by atoms with Gasteiger partial charge in [0.25, 0.3) is 0 Å². The Morgan fingerprint density at radius 1 is 0.541 bits per heavy atom. The highest BCUT2D eigenvalue weighted by Crippen LogP contribution is 2.19. The molecule has 0 aliphatic rings. The molecule has 4 N–H and O–H groups in total. The molecule has 0 aromatic rings. The van der Waals surface area contributed by atoms with E-state index >= 15 is 0 Å². The Kier molecular flexibility index (Phi) is 44.0. The van der Waals surface area contributed by atoms with Crippen LogP contribution in [-0.2, 0) is 19.1 Å². The number of carbonyl (C=O) groups excluding carboxylic acids is 2. The lowest BCUT2D eigenvalue weighted by Crippen LogP contribution is -2.32. The summed E-state index contributed by atoms with van der Waals surface area (Å²) < 4.78 is 11.9. The van der Waals surface area contributed by atoms with Crippen LogP contribution in [0.1, 0.15) is 252 Å². The molecule has 0 rings (SSSR count). The van der Waals surface area contributed by atoms with Crippen LogP contribution in [0.5, 0.6) is 0 Å². The number of hydrogen-bond acceptors (Lipinski definition) is 8. The molecule has 1 unspecified atom stereocenters. The zero-order chi connectivity index (χ0) is 44.9. The van der Waals surface area contributed by atoms with Crippen molar-refractivity contribution in [1.82, 2.24) is 15.5 Å². The van der Waals surface area contributed by atoms with Crippen molar-refractivity contribution >= 4 is 17.8 Å². The van der Waals surface area contributed by atoms with E-state index in [1.54, 1.807) is 7.05 Å². The van der Waals surface area contributed by atoms with Crippen molar-refractivity contribution in [2.45, 2.75) is 265 Å². The minimum absolute atomic E-state index is 0.0107. The average Bonchev–Trinajstić information content (AvgIpc) is 3.26. The molecule has 0 heterocycles. The number of ether oxygens (including phenoxy) is 2. The van der Waals surface area contributed by atoms with Crippen molar-refractivity contribution in [2.75, 3.05) is 40.3 Å². The number of amidine groups is 1. The topological polar surface area (TPSA) is 118 Å². The summed E-state index contributed by atoms with van der Waals surface area (Å²) in [6, 6.07) is 0. The third kappa shape index (κ3) is 39.1. The summed E-state index contributed by atoms with van der Waals surface area (Å²) in [5.41, 5.74) is 6.91. The lowest BCUT2D eigenvalue weighted by Gasteiger charge is -2.23. The molecule has 0 saturated heterocycles. The largest absolute Gasteiger partial charge is 0.462 e. The molecule has 0 aromatic carbocycles. The van der Waals surface area contributed by atoms with E-state index in [0.717, 1.165) is 109 Å². The van der Waals surface area contributed by atoms with Crippen LogP contribution in [0.15, 0.2) is 16.9 Å². The van der Waals surface area contributed by atoms with Crippen LogP contribution in [-0.4, -0.2) is 75.2 Å². The van der Waals surface area contributed by atoms with Gasteiger partial charge in [0.05, 0.1) is 5.70 Å². The zero-order valence-electron chi connectivity index (χ0n) is 41.4. The Bertz CT molecular complexity index is 1020. The van der Waals surface area contributed by atoms with Gasteiger partial charge in [-0.15, -0.1) is 0 Å². The van der Waals surface area contributed by atoms with Gasteiger partial charge in [0.2, 0.25) is 0 Å². The van der Waals surface area contributed by atoms with E-state index in [-0.39, 0.29) is 24.1 Å². The standard InChI is InChI=1S/C52H103N5O4/c1-7-11-14-17-22-29-37-47(10-4)60-50(58)40-32-25-20-27-34-43-57(45-36-42-56-49(46-54-5)52(53)55-6)44-35-28-21-26-33-41-51(59)61-48(38-30-23-18-15-12-8-2)39-31-24-19-16-13-9-3/h46-48,54,56H,7-45H2,1-6H3,(H2,53,55)/b49-46+. The van der Waals surface area contributed by atoms with Crippen molar-refractivity contribution in [1.29, 1.82) is 0 Å². The van der Waals surface area contributed by atoms with Gasteiger partial charge in [-0.25, -0.2) is 0 Å². The number of unbranched alkanes of at least 4 members (excludes halogenated alkanes) is 23. The van der Waals surface area contributed by atoms with E-state index in [0.29, 0.717) is 18.7 Å². The summed E-state index contributed by atoms with van der Waals surface area (Å²) in [4.78, 5) is 32.2. The second-order valence-electron chi connectivity index (χ2n) is 17.9. The van der Waals surface area contributed by atoms with Crippen LogP contribution in [0.4, 0.5) is 0 Å². The number of aliphatic imine (C=N–C) groups is 1. The van der Waals surface area contributed by atoms with Gasteiger partial charge >= 0.3 is 11.9 Å². The molecule has 0 aromatic heterocycles. The van der Waals surface area contributed by atoms with Crippen LogP contribution < -0.4 is 16.4 Å². The Morgan fingerprint density at radius 2 is 0.918 bits per heavy atom. The second-order valence-corrected chi connectivity index (χ2v) is 17.9. The fourth-order valence-corrected chi connectivity index (χ4v) is 8.17. The van der Waals surface area contributed by atoms with Crippen LogP contribution in [0.3, 0.4) is 0 Å². The second kappa shape index (κ2) is 45.7. The molecule has 1 atom stereocenters. The first kappa shape index (κ1) is 58.7. The first-order chi connectivity index (χ1) is 29.8. The molecule has 61 heavy (non-hydrogen) atoms. The van der Waals surface area contributed by atoms with Gasteiger partial charge in [0.1, 0.15) is 18.0 Å². The van der Waals surface area contributed by atoms with E-state index in [1.165, 1.54) is 135 Å². The minimum Gasteiger partial charge on any atom is -0.462 e. The molecule has 0 aliphatic carbocycles. The number of hydrogen-bond donors (Lipinski definition) is 3. The molecule has 0 radical (unpaired) electrons. The predicted molar refractivity (Wildman–Crippen MR) is 263 cm³/mol. The van der Waals surface area contributed by atoms with Gasteiger partial charge in [-0.3, -0.25) is 14.6 Å². The summed E-state index contributed by atoms with van der Waals surface area (Å²) in [6.45, 7) is 13.0. The third-order valence-corrected chi connectivity index (χ3v) is 12.2. The van der Waals surface area contributed by atoms with E-state index in [9.17, 15) is 9.59 Å². The quantitative estimate of drug-likeness (QED) is 0.0240. The minimum atomic E-state index is -0.0107. The van der Waals surface area contributed by atoms with Crippen LogP contribution in [0.2, 0.25) is 0 Å². The maximum absolute atomic E-state index is 12.9. The fraction of sp³-hybridized carbons (Fsp3) is 0.904. The summed E-state index contributed by atoms with van der Waals surface area (Å²) in [6.07, 6.45) is 42.2. The van der Waals surface area contributed by atoms with E-state index in [2.05, 4.69) is 48.2 Å². The molecule has 0 amide bonds. The third-order valence-electron chi connectivity index (χ3n) is 12.2. The number of nitrogens with one attached hydrogen (secondary N) is 2. The maximum Gasteiger partial charge on any atom is 0.306 e.